The van der Waals surface area contributed by atoms with Crippen LogP contribution in [0.1, 0.15) is 155 Å². The Bertz CT molecular complexity index is 1280. The summed E-state index contributed by atoms with van der Waals surface area (Å²) in [6.07, 6.45) is 3.69. The first kappa shape index (κ1) is 39.5. The number of unbranched alkanes of at least 4 members (excludes halogenated alkanes) is 2. The number of hydrogen-bond acceptors (Lipinski definition) is 6. The van der Waals surface area contributed by atoms with E-state index in [2.05, 4.69) is 83.1 Å². The molecule has 0 fully saturated rings. The van der Waals surface area contributed by atoms with Crippen LogP contribution >= 0.6 is 0 Å². The molecule has 258 valence electrons. The summed E-state index contributed by atoms with van der Waals surface area (Å²) in [4.78, 5) is 28.1. The topological polar surface area (TPSA) is 127 Å². The van der Waals surface area contributed by atoms with E-state index >= 15 is 0 Å². The number of Topliss-reactive ketones (excluding diaryl/α,β-unsaturated/α-hetero) is 2. The molecule has 0 aliphatic carbocycles. The SMILES string of the molecule is CC(C)(C)c1c(O)ccc(CCC(=O)C(N)(CCCCCN)C(=O)CCc2ccc(O)c(C(C)(C)C)c2C(C)(C)C)c1C(C)(C)C. The van der Waals surface area contributed by atoms with E-state index in [9.17, 15) is 19.8 Å². The van der Waals surface area contributed by atoms with Crippen molar-refractivity contribution in [2.75, 3.05) is 6.54 Å². The summed E-state index contributed by atoms with van der Waals surface area (Å²) in [6, 6.07) is 7.26. The predicted molar refractivity (Wildman–Crippen MR) is 192 cm³/mol. The molecule has 6 nitrogen and oxygen atoms in total. The fraction of sp³-hybridized carbons (Fsp3) is 0.650. The highest BCUT2D eigenvalue weighted by molar-refractivity contribution is 6.11. The van der Waals surface area contributed by atoms with E-state index in [0.717, 1.165) is 46.2 Å². The third kappa shape index (κ3) is 9.44. The minimum atomic E-state index is -1.59. The molecular formula is C40H64N2O4. The van der Waals surface area contributed by atoms with Gasteiger partial charge in [-0.05, 0) is 88.3 Å². The van der Waals surface area contributed by atoms with Crippen molar-refractivity contribution in [2.45, 2.75) is 162 Å². The van der Waals surface area contributed by atoms with E-state index in [1.165, 1.54) is 0 Å². The maximum atomic E-state index is 14.1. The molecule has 2 rings (SSSR count). The second-order valence-corrected chi connectivity index (χ2v) is 17.4. The van der Waals surface area contributed by atoms with Gasteiger partial charge >= 0.3 is 0 Å². The molecule has 0 saturated carbocycles. The highest BCUT2D eigenvalue weighted by Crippen LogP contribution is 2.43. The molecule has 0 radical (unpaired) electrons. The Hall–Kier alpha value is -2.70. The van der Waals surface area contributed by atoms with Gasteiger partial charge in [0.1, 0.15) is 17.0 Å². The van der Waals surface area contributed by atoms with E-state index in [-0.39, 0.29) is 64.0 Å². The molecule has 2 aromatic rings. The lowest BCUT2D eigenvalue weighted by molar-refractivity contribution is -0.135. The zero-order valence-electron chi connectivity index (χ0n) is 31.0. The first-order chi connectivity index (χ1) is 20.9. The zero-order valence-corrected chi connectivity index (χ0v) is 31.0. The van der Waals surface area contributed by atoms with Gasteiger partial charge in [-0.1, -0.05) is 108 Å². The van der Waals surface area contributed by atoms with Crippen LogP contribution in [0.4, 0.5) is 0 Å². The van der Waals surface area contributed by atoms with E-state index in [1.54, 1.807) is 12.1 Å². The number of benzene rings is 2. The van der Waals surface area contributed by atoms with E-state index in [4.69, 9.17) is 11.5 Å². The van der Waals surface area contributed by atoms with Gasteiger partial charge in [0.15, 0.2) is 11.6 Å². The number of ketones is 2. The van der Waals surface area contributed by atoms with Crippen molar-refractivity contribution in [1.29, 1.82) is 0 Å². The van der Waals surface area contributed by atoms with Gasteiger partial charge in [-0.3, -0.25) is 9.59 Å². The van der Waals surface area contributed by atoms with Crippen LogP contribution in [0.2, 0.25) is 0 Å². The molecule has 0 aliphatic rings. The second-order valence-electron chi connectivity index (χ2n) is 17.4. The molecular weight excluding hydrogens is 572 g/mol. The summed E-state index contributed by atoms with van der Waals surface area (Å²) >= 11 is 0. The minimum Gasteiger partial charge on any atom is -0.508 e. The number of phenols is 2. The van der Waals surface area contributed by atoms with Crippen LogP contribution in [0.15, 0.2) is 24.3 Å². The van der Waals surface area contributed by atoms with Crippen molar-refractivity contribution < 1.29 is 19.8 Å². The van der Waals surface area contributed by atoms with Gasteiger partial charge in [0.2, 0.25) is 0 Å². The molecule has 0 heterocycles. The number of rotatable bonds is 13. The number of phenolic OH excluding ortho intramolecular Hbond substituents is 2. The van der Waals surface area contributed by atoms with Crippen molar-refractivity contribution in [3.8, 4) is 11.5 Å². The first-order valence-electron chi connectivity index (χ1n) is 17.1. The van der Waals surface area contributed by atoms with Crippen LogP contribution in [0.3, 0.4) is 0 Å². The van der Waals surface area contributed by atoms with E-state index in [1.807, 2.05) is 12.1 Å². The smallest absolute Gasteiger partial charge is 0.160 e. The molecule has 0 bridgehead atoms. The van der Waals surface area contributed by atoms with Gasteiger partial charge in [-0.25, -0.2) is 0 Å². The maximum absolute atomic E-state index is 14.1. The van der Waals surface area contributed by atoms with E-state index in [0.29, 0.717) is 25.8 Å². The molecule has 6 N–H and O–H groups in total. The summed E-state index contributed by atoms with van der Waals surface area (Å²) in [5, 5.41) is 21.8. The fourth-order valence-electron chi connectivity index (χ4n) is 7.02. The number of aryl methyl sites for hydroxylation is 2. The van der Waals surface area contributed by atoms with Crippen molar-refractivity contribution in [3.05, 3.63) is 57.6 Å². The predicted octanol–water partition coefficient (Wildman–Crippen LogP) is 8.21. The molecule has 6 heteroatoms. The van der Waals surface area contributed by atoms with Crippen LogP contribution < -0.4 is 11.5 Å². The Morgan fingerprint density at radius 1 is 0.565 bits per heavy atom. The number of hydrogen-bond donors (Lipinski definition) is 4. The fourth-order valence-corrected chi connectivity index (χ4v) is 7.02. The minimum absolute atomic E-state index is 0.136. The largest absolute Gasteiger partial charge is 0.508 e. The highest BCUT2D eigenvalue weighted by Gasteiger charge is 2.41. The molecule has 0 saturated heterocycles. The third-order valence-corrected chi connectivity index (χ3v) is 9.05. The second kappa shape index (κ2) is 14.6. The molecule has 0 amide bonds. The summed E-state index contributed by atoms with van der Waals surface area (Å²) < 4.78 is 0. The molecule has 0 atom stereocenters. The van der Waals surface area contributed by atoms with Gasteiger partial charge in [-0.15, -0.1) is 0 Å². The first-order valence-corrected chi connectivity index (χ1v) is 17.1. The summed E-state index contributed by atoms with van der Waals surface area (Å²) in [7, 11) is 0. The Morgan fingerprint density at radius 3 is 1.22 bits per heavy atom. The summed E-state index contributed by atoms with van der Waals surface area (Å²) in [5.41, 5.74) is 15.7. The van der Waals surface area contributed by atoms with Gasteiger partial charge in [-0.2, -0.15) is 0 Å². The average Bonchev–Trinajstić information content (AvgIpc) is 2.90. The number of aromatic hydroxyl groups is 2. The molecule has 0 aliphatic heterocycles. The lowest BCUT2D eigenvalue weighted by atomic mass is 9.71. The van der Waals surface area contributed by atoms with Gasteiger partial charge < -0.3 is 21.7 Å². The molecule has 0 unspecified atom stereocenters. The Kier molecular flexibility index (Phi) is 12.5. The number of carbonyl (C=O) groups is 2. The quantitative estimate of drug-likeness (QED) is 0.130. The lowest BCUT2D eigenvalue weighted by Crippen LogP contribution is -2.55. The molecule has 46 heavy (non-hydrogen) atoms. The molecule has 2 aromatic carbocycles. The van der Waals surface area contributed by atoms with Crippen molar-refractivity contribution >= 4 is 11.6 Å². The van der Waals surface area contributed by atoms with E-state index < -0.39 is 5.54 Å². The average molecular weight is 637 g/mol. The Labute approximate surface area is 279 Å². The summed E-state index contributed by atoms with van der Waals surface area (Å²) in [5.74, 6) is 0.0312. The van der Waals surface area contributed by atoms with Crippen molar-refractivity contribution in [3.63, 3.8) is 0 Å². The Morgan fingerprint density at radius 2 is 0.913 bits per heavy atom. The maximum Gasteiger partial charge on any atom is 0.160 e. The van der Waals surface area contributed by atoms with Gasteiger partial charge in [0, 0.05) is 24.0 Å². The van der Waals surface area contributed by atoms with Gasteiger partial charge in [0.25, 0.3) is 0 Å². The van der Waals surface area contributed by atoms with Crippen molar-refractivity contribution in [2.24, 2.45) is 11.5 Å². The standard InChI is InChI=1S/C40H64N2O4/c1-36(2,3)32-26(16-20-28(43)34(32)38(7,8)9)18-22-30(45)40(42,24-14-13-15-25-41)31(46)23-19-27-17-21-29(44)35(39(10,11)12)33(27)37(4,5)6/h16-17,20-21,43-44H,13-15,18-19,22-25,41-42H2,1-12H3. The van der Waals surface area contributed by atoms with Crippen LogP contribution in [0, 0.1) is 0 Å². The lowest BCUT2D eigenvalue weighted by Gasteiger charge is -2.34. The third-order valence-electron chi connectivity index (χ3n) is 9.05. The van der Waals surface area contributed by atoms with Crippen LogP contribution in [-0.2, 0) is 44.1 Å². The van der Waals surface area contributed by atoms with Crippen LogP contribution in [0.25, 0.3) is 0 Å². The number of carbonyl (C=O) groups excluding carboxylic acids is 2. The Balaban J connectivity index is 2.47. The van der Waals surface area contributed by atoms with Gasteiger partial charge in [0.05, 0.1) is 0 Å². The highest BCUT2D eigenvalue weighted by atomic mass is 16.3. The van der Waals surface area contributed by atoms with Crippen LogP contribution in [-0.4, -0.2) is 33.9 Å². The molecule has 0 aromatic heterocycles. The zero-order chi connectivity index (χ0) is 35.5. The van der Waals surface area contributed by atoms with Crippen LogP contribution in [0.5, 0.6) is 11.5 Å². The number of nitrogens with two attached hydrogens (primary N) is 2. The molecule has 0 spiro atoms. The normalized spacial score (nSPS) is 13.3. The monoisotopic (exact) mass is 636 g/mol. The summed E-state index contributed by atoms with van der Waals surface area (Å²) in [6.45, 7) is 25.8. The van der Waals surface area contributed by atoms with Crippen molar-refractivity contribution in [1.82, 2.24) is 0 Å².